The van der Waals surface area contributed by atoms with Crippen LogP contribution in [-0.4, -0.2) is 30.3 Å². The fraction of sp³-hybridized carbons (Fsp3) is 0.231. The number of hydrogen-bond acceptors (Lipinski definition) is 6. The Morgan fingerprint density at radius 3 is 2.63 bits per heavy atom. The molecule has 5 aromatic rings. The molecule has 0 aliphatic carbocycles. The van der Waals surface area contributed by atoms with Crippen LogP contribution in [0.4, 0.5) is 24.7 Å². The second-order valence-corrected chi connectivity index (χ2v) is 9.26. The van der Waals surface area contributed by atoms with Crippen LogP contribution < -0.4 is 10.6 Å². The summed E-state index contributed by atoms with van der Waals surface area (Å²) in [7, 11) is 1.75. The first-order valence-electron chi connectivity index (χ1n) is 11.7. The van der Waals surface area contributed by atoms with E-state index in [1.165, 1.54) is 15.5 Å². The number of carbonyl (C=O) groups excluding carboxylic acids is 1. The fourth-order valence-corrected chi connectivity index (χ4v) is 4.82. The zero-order valence-corrected chi connectivity index (χ0v) is 20.5. The number of nitrogens with two attached hydrogens (primary N) is 1. The molecular formula is C26H22F3N7O2. The quantitative estimate of drug-likeness (QED) is 0.376. The summed E-state index contributed by atoms with van der Waals surface area (Å²) >= 11 is 0. The van der Waals surface area contributed by atoms with Crippen LogP contribution in [0, 0.1) is 6.92 Å². The summed E-state index contributed by atoms with van der Waals surface area (Å²) < 4.78 is 47.9. The largest absolute Gasteiger partial charge is 0.417 e. The number of aryl methyl sites for hydroxylation is 2. The highest BCUT2D eigenvalue weighted by molar-refractivity contribution is 6.08. The minimum atomic E-state index is -4.49. The Morgan fingerprint density at radius 1 is 1.11 bits per heavy atom. The van der Waals surface area contributed by atoms with Gasteiger partial charge in [-0.25, -0.2) is 9.50 Å². The first kappa shape index (κ1) is 23.9. The van der Waals surface area contributed by atoms with Crippen molar-refractivity contribution in [2.75, 3.05) is 10.6 Å². The highest BCUT2D eigenvalue weighted by Gasteiger charge is 2.31. The van der Waals surface area contributed by atoms with Gasteiger partial charge in [0.1, 0.15) is 5.82 Å². The lowest BCUT2D eigenvalue weighted by atomic mass is 10.0. The predicted octanol–water partition coefficient (Wildman–Crippen LogP) is 4.40. The van der Waals surface area contributed by atoms with Crippen molar-refractivity contribution >= 4 is 33.8 Å². The summed E-state index contributed by atoms with van der Waals surface area (Å²) in [6.07, 6.45) is -1.83. The van der Waals surface area contributed by atoms with E-state index in [2.05, 4.69) is 15.2 Å². The molecule has 0 fully saturated rings. The molecule has 4 aromatic heterocycles. The molecule has 12 heteroatoms. The second kappa shape index (κ2) is 8.55. The Hall–Kier alpha value is -4.45. The number of pyridine rings is 2. The number of ether oxygens (including phenoxy) is 1. The van der Waals surface area contributed by atoms with Crippen LogP contribution in [0.3, 0.4) is 0 Å². The van der Waals surface area contributed by atoms with Crippen molar-refractivity contribution in [3.63, 3.8) is 0 Å². The molecule has 194 valence electrons. The number of benzene rings is 1. The average Bonchev–Trinajstić information content (AvgIpc) is 3.59. The topological polar surface area (TPSA) is 104 Å². The van der Waals surface area contributed by atoms with Gasteiger partial charge in [-0.05, 0) is 48.9 Å². The molecule has 1 aliphatic heterocycles. The minimum Gasteiger partial charge on any atom is -0.383 e. The zero-order chi connectivity index (χ0) is 26.8. The highest BCUT2D eigenvalue weighted by atomic mass is 19.4. The van der Waals surface area contributed by atoms with Gasteiger partial charge in [-0.15, -0.1) is 0 Å². The second-order valence-electron chi connectivity index (χ2n) is 9.26. The van der Waals surface area contributed by atoms with Crippen molar-refractivity contribution in [1.29, 1.82) is 0 Å². The number of alkyl halides is 3. The van der Waals surface area contributed by atoms with Crippen LogP contribution in [0.15, 0.2) is 48.8 Å². The van der Waals surface area contributed by atoms with Gasteiger partial charge in [0.25, 0.3) is 5.91 Å². The molecule has 0 unspecified atom stereocenters. The summed E-state index contributed by atoms with van der Waals surface area (Å²) in [5, 5.41) is 9.48. The van der Waals surface area contributed by atoms with Crippen LogP contribution in [0.25, 0.3) is 16.4 Å². The first-order chi connectivity index (χ1) is 18.1. The zero-order valence-electron chi connectivity index (χ0n) is 20.5. The van der Waals surface area contributed by atoms with Gasteiger partial charge in [0, 0.05) is 36.0 Å². The van der Waals surface area contributed by atoms with Gasteiger partial charge in [0.2, 0.25) is 0 Å². The van der Waals surface area contributed by atoms with Crippen LogP contribution in [0.1, 0.15) is 38.4 Å². The predicted molar refractivity (Wildman–Crippen MR) is 133 cm³/mol. The molecule has 1 aliphatic rings. The maximum absolute atomic E-state index is 14.0. The van der Waals surface area contributed by atoms with E-state index in [1.54, 1.807) is 49.1 Å². The molecule has 0 saturated carbocycles. The third kappa shape index (κ3) is 4.02. The Balaban J connectivity index is 1.41. The van der Waals surface area contributed by atoms with Crippen molar-refractivity contribution in [3.05, 3.63) is 82.4 Å². The van der Waals surface area contributed by atoms with Gasteiger partial charge in [-0.2, -0.15) is 23.4 Å². The van der Waals surface area contributed by atoms with E-state index in [4.69, 9.17) is 10.5 Å². The molecule has 2 N–H and O–H groups in total. The lowest BCUT2D eigenvalue weighted by Crippen LogP contribution is -2.31. The highest BCUT2D eigenvalue weighted by Crippen LogP contribution is 2.33. The maximum Gasteiger partial charge on any atom is 0.417 e. The van der Waals surface area contributed by atoms with E-state index in [-0.39, 0.29) is 12.5 Å². The summed E-state index contributed by atoms with van der Waals surface area (Å²) in [6, 6.07) is 9.21. The molecule has 0 saturated heterocycles. The molecule has 6 rings (SSSR count). The molecule has 1 aromatic carbocycles. The lowest BCUT2D eigenvalue weighted by Gasteiger charge is -2.21. The molecule has 0 spiro atoms. The molecule has 0 bridgehead atoms. The number of nitrogen functional groups attached to an aromatic ring is 1. The summed E-state index contributed by atoms with van der Waals surface area (Å²) in [4.78, 5) is 19.9. The van der Waals surface area contributed by atoms with Crippen molar-refractivity contribution < 1.29 is 22.7 Å². The van der Waals surface area contributed by atoms with Gasteiger partial charge in [0.05, 0.1) is 53.4 Å². The van der Waals surface area contributed by atoms with Gasteiger partial charge in [-0.1, -0.05) is 0 Å². The number of halogens is 3. The molecule has 1 amide bonds. The number of carbonyl (C=O) groups is 1. The maximum atomic E-state index is 14.0. The van der Waals surface area contributed by atoms with E-state index in [1.807, 2.05) is 0 Å². The van der Waals surface area contributed by atoms with Crippen LogP contribution in [0.5, 0.6) is 0 Å². The van der Waals surface area contributed by atoms with Gasteiger partial charge in [-0.3, -0.25) is 14.4 Å². The smallest absolute Gasteiger partial charge is 0.383 e. The van der Waals surface area contributed by atoms with E-state index in [0.717, 1.165) is 28.8 Å². The van der Waals surface area contributed by atoms with Gasteiger partial charge >= 0.3 is 6.18 Å². The number of hydrogen-bond donors (Lipinski definition) is 1. The third-order valence-electron chi connectivity index (χ3n) is 6.66. The normalized spacial score (nSPS) is 13.4. The molecule has 38 heavy (non-hydrogen) atoms. The number of anilines is 2. The number of amides is 1. The lowest BCUT2D eigenvalue weighted by molar-refractivity contribution is -0.137. The van der Waals surface area contributed by atoms with E-state index < -0.39 is 11.7 Å². The average molecular weight is 522 g/mol. The van der Waals surface area contributed by atoms with Gasteiger partial charge in [0.15, 0.2) is 0 Å². The number of fused-ring (bicyclic) bond motifs is 4. The first-order valence-corrected chi connectivity index (χ1v) is 11.7. The third-order valence-corrected chi connectivity index (χ3v) is 6.66. The monoisotopic (exact) mass is 521 g/mol. The van der Waals surface area contributed by atoms with Crippen molar-refractivity contribution in [2.45, 2.75) is 32.9 Å². The molecule has 9 nitrogen and oxygen atoms in total. The molecule has 5 heterocycles. The van der Waals surface area contributed by atoms with Crippen LogP contribution >= 0.6 is 0 Å². The summed E-state index contributed by atoms with van der Waals surface area (Å²) in [5.74, 6) is 0.0951. The molecule has 0 radical (unpaired) electrons. The molecule has 0 atom stereocenters. The van der Waals surface area contributed by atoms with Crippen LogP contribution in [0.2, 0.25) is 0 Å². The minimum absolute atomic E-state index is 0.0215. The number of aromatic nitrogens is 5. The van der Waals surface area contributed by atoms with Crippen molar-refractivity contribution in [3.8, 4) is 0 Å². The van der Waals surface area contributed by atoms with E-state index >= 15 is 0 Å². The Morgan fingerprint density at radius 2 is 1.89 bits per heavy atom. The van der Waals surface area contributed by atoms with E-state index in [9.17, 15) is 18.0 Å². The summed E-state index contributed by atoms with van der Waals surface area (Å²) in [6.45, 7) is 2.55. The SMILES string of the molecule is Cc1nn(C)cc1N(Cc1cc2ccc(C(F)(F)F)cn2n1)C(=O)c1ccc2nc(N)c3c(c2c1)COC3. The summed E-state index contributed by atoms with van der Waals surface area (Å²) in [5.41, 5.74) is 10.2. The van der Waals surface area contributed by atoms with Crippen LogP contribution in [-0.2, 0) is 37.7 Å². The Kier molecular flexibility index (Phi) is 5.38. The number of nitrogens with zero attached hydrogens (tertiary/aromatic N) is 6. The van der Waals surface area contributed by atoms with Crippen molar-refractivity contribution in [2.24, 2.45) is 7.05 Å². The molecular weight excluding hydrogens is 499 g/mol. The van der Waals surface area contributed by atoms with E-state index in [0.29, 0.717) is 52.7 Å². The Bertz CT molecular complexity index is 1740. The number of rotatable bonds is 4. The standard InChI is InChI=1S/C26H22F3N7O2/c1-14-23(11-34(2)32-14)35(10-17-8-18-5-4-16(26(27,28)29)9-36(18)33-17)25(37)15-3-6-22-19(7-15)20-12-38-13-21(20)24(30)31-22/h3-9,11H,10,12-13H2,1-2H3,(H2,30,31). The van der Waals surface area contributed by atoms with Gasteiger partial charge < -0.3 is 10.5 Å². The van der Waals surface area contributed by atoms with Crippen molar-refractivity contribution in [1.82, 2.24) is 24.4 Å². The fourth-order valence-electron chi connectivity index (χ4n) is 4.82. The Labute approximate surface area is 214 Å².